The Balaban J connectivity index is 1.74. The van der Waals surface area contributed by atoms with Gasteiger partial charge in [0.25, 0.3) is 0 Å². The third-order valence-electron chi connectivity index (χ3n) is 4.75. The second kappa shape index (κ2) is 5.40. The van der Waals surface area contributed by atoms with E-state index in [1.165, 1.54) is 5.56 Å². The van der Waals surface area contributed by atoms with Crippen molar-refractivity contribution in [3.63, 3.8) is 0 Å². The molecular weight excluding hydrogens is 262 g/mol. The average molecular weight is 283 g/mol. The minimum atomic E-state index is -0.267. The SMILES string of the molecule is CC1(C#N)CCN(C(=O)N2CCCc3ccccc32)CC1. The number of likely N-dealkylation sites (tertiary alicyclic amines) is 1. The van der Waals surface area contributed by atoms with Crippen LogP contribution in [0.1, 0.15) is 31.7 Å². The number of nitriles is 1. The number of hydrogen-bond acceptors (Lipinski definition) is 2. The fourth-order valence-electron chi connectivity index (χ4n) is 3.21. The lowest BCUT2D eigenvalue weighted by atomic mass is 9.82. The molecule has 0 saturated carbocycles. The Hall–Kier alpha value is -2.02. The molecule has 2 aliphatic heterocycles. The number of benzene rings is 1. The first-order valence-corrected chi connectivity index (χ1v) is 7.69. The number of rotatable bonds is 0. The topological polar surface area (TPSA) is 47.3 Å². The molecule has 0 spiro atoms. The Labute approximate surface area is 126 Å². The number of hydrogen-bond donors (Lipinski definition) is 0. The van der Waals surface area contributed by atoms with Crippen LogP contribution in [0.4, 0.5) is 10.5 Å². The van der Waals surface area contributed by atoms with Crippen LogP contribution in [0, 0.1) is 16.7 Å². The Morgan fingerprint density at radius 1 is 1.24 bits per heavy atom. The molecule has 0 aliphatic carbocycles. The summed E-state index contributed by atoms with van der Waals surface area (Å²) in [5, 5.41) is 9.19. The highest BCUT2D eigenvalue weighted by molar-refractivity contribution is 5.93. The van der Waals surface area contributed by atoms with E-state index in [9.17, 15) is 10.1 Å². The van der Waals surface area contributed by atoms with Crippen LogP contribution >= 0.6 is 0 Å². The third kappa shape index (κ3) is 2.61. The number of fused-ring (bicyclic) bond motifs is 1. The van der Waals surface area contributed by atoms with E-state index in [1.54, 1.807) is 0 Å². The van der Waals surface area contributed by atoms with Gasteiger partial charge < -0.3 is 4.90 Å². The van der Waals surface area contributed by atoms with Crippen molar-refractivity contribution in [2.24, 2.45) is 5.41 Å². The Kier molecular flexibility index (Phi) is 3.59. The molecule has 0 bridgehead atoms. The van der Waals surface area contributed by atoms with Gasteiger partial charge in [0.2, 0.25) is 0 Å². The fraction of sp³-hybridized carbons (Fsp3) is 0.529. The van der Waals surface area contributed by atoms with Crippen LogP contribution in [0.5, 0.6) is 0 Å². The van der Waals surface area contributed by atoms with Crippen molar-refractivity contribution in [1.29, 1.82) is 5.26 Å². The Morgan fingerprint density at radius 3 is 2.67 bits per heavy atom. The summed E-state index contributed by atoms with van der Waals surface area (Å²) in [6.07, 6.45) is 3.61. The number of para-hydroxylation sites is 1. The molecule has 4 nitrogen and oxygen atoms in total. The number of carbonyl (C=O) groups excluding carboxylic acids is 1. The molecule has 0 atom stereocenters. The number of urea groups is 1. The monoisotopic (exact) mass is 283 g/mol. The van der Waals surface area contributed by atoms with Gasteiger partial charge in [-0.2, -0.15) is 5.26 Å². The van der Waals surface area contributed by atoms with Gasteiger partial charge in [-0.15, -0.1) is 0 Å². The molecule has 1 aromatic carbocycles. The molecular formula is C17H21N3O. The standard InChI is InChI=1S/C17H21N3O/c1-17(13-18)8-11-19(12-9-17)16(21)20-10-4-6-14-5-2-3-7-15(14)20/h2-3,5,7H,4,6,8-12H2,1H3. The summed E-state index contributed by atoms with van der Waals surface area (Å²) < 4.78 is 0. The molecule has 0 radical (unpaired) electrons. The van der Waals surface area contributed by atoms with Crippen molar-refractivity contribution in [2.75, 3.05) is 24.5 Å². The molecule has 2 heterocycles. The molecule has 1 saturated heterocycles. The highest BCUT2D eigenvalue weighted by atomic mass is 16.2. The van der Waals surface area contributed by atoms with Gasteiger partial charge in [0.05, 0.1) is 11.5 Å². The lowest BCUT2D eigenvalue weighted by Crippen LogP contribution is -2.49. The van der Waals surface area contributed by atoms with E-state index >= 15 is 0 Å². The molecule has 2 aliphatic rings. The van der Waals surface area contributed by atoms with Crippen LogP contribution in [0.3, 0.4) is 0 Å². The van der Waals surface area contributed by atoms with Crippen molar-refractivity contribution in [2.45, 2.75) is 32.6 Å². The summed E-state index contributed by atoms with van der Waals surface area (Å²) in [5.74, 6) is 0. The third-order valence-corrected chi connectivity index (χ3v) is 4.75. The van der Waals surface area contributed by atoms with E-state index < -0.39 is 0 Å². The van der Waals surface area contributed by atoms with E-state index in [0.717, 1.165) is 37.9 Å². The first-order valence-electron chi connectivity index (χ1n) is 7.69. The molecule has 2 amide bonds. The van der Waals surface area contributed by atoms with E-state index in [2.05, 4.69) is 12.1 Å². The van der Waals surface area contributed by atoms with E-state index in [4.69, 9.17) is 0 Å². The predicted molar refractivity (Wildman–Crippen MR) is 82.0 cm³/mol. The quantitative estimate of drug-likeness (QED) is 0.734. The summed E-state index contributed by atoms with van der Waals surface area (Å²) in [6.45, 7) is 4.15. The van der Waals surface area contributed by atoms with Gasteiger partial charge in [-0.05, 0) is 44.2 Å². The summed E-state index contributed by atoms with van der Waals surface area (Å²) in [6, 6.07) is 10.7. The van der Waals surface area contributed by atoms with Crippen molar-refractivity contribution in [3.05, 3.63) is 29.8 Å². The molecule has 0 N–H and O–H groups in total. The summed E-state index contributed by atoms with van der Waals surface area (Å²) in [7, 11) is 0. The molecule has 21 heavy (non-hydrogen) atoms. The smallest absolute Gasteiger partial charge is 0.324 e. The largest absolute Gasteiger partial charge is 0.324 e. The van der Waals surface area contributed by atoms with Crippen molar-refractivity contribution in [1.82, 2.24) is 4.90 Å². The molecule has 110 valence electrons. The van der Waals surface area contributed by atoms with Gasteiger partial charge in [-0.25, -0.2) is 4.79 Å². The first-order chi connectivity index (χ1) is 10.1. The molecule has 0 aromatic heterocycles. The number of amides is 2. The maximum atomic E-state index is 12.8. The van der Waals surface area contributed by atoms with E-state index in [-0.39, 0.29) is 11.4 Å². The minimum Gasteiger partial charge on any atom is -0.324 e. The van der Waals surface area contributed by atoms with Gasteiger partial charge >= 0.3 is 6.03 Å². The van der Waals surface area contributed by atoms with Crippen LogP contribution in [0.2, 0.25) is 0 Å². The number of carbonyl (C=O) groups is 1. The van der Waals surface area contributed by atoms with E-state index in [1.807, 2.05) is 34.9 Å². The maximum Gasteiger partial charge on any atom is 0.324 e. The van der Waals surface area contributed by atoms with Gasteiger partial charge in [-0.1, -0.05) is 18.2 Å². The van der Waals surface area contributed by atoms with Gasteiger partial charge in [-0.3, -0.25) is 4.90 Å². The van der Waals surface area contributed by atoms with Crippen molar-refractivity contribution in [3.8, 4) is 6.07 Å². The molecule has 1 fully saturated rings. The lowest BCUT2D eigenvalue weighted by molar-refractivity contribution is 0.161. The summed E-state index contributed by atoms with van der Waals surface area (Å²) >= 11 is 0. The normalized spacial score (nSPS) is 20.6. The number of anilines is 1. The second-order valence-corrected chi connectivity index (χ2v) is 6.33. The molecule has 0 unspecified atom stereocenters. The summed E-state index contributed by atoms with van der Waals surface area (Å²) in [4.78, 5) is 16.6. The van der Waals surface area contributed by atoms with Gasteiger partial charge in [0, 0.05) is 25.3 Å². The Morgan fingerprint density at radius 2 is 1.95 bits per heavy atom. The zero-order valence-electron chi connectivity index (χ0n) is 12.5. The van der Waals surface area contributed by atoms with Crippen LogP contribution in [-0.4, -0.2) is 30.6 Å². The van der Waals surface area contributed by atoms with Crippen LogP contribution in [0.15, 0.2) is 24.3 Å². The Bertz CT molecular complexity index is 582. The number of aryl methyl sites for hydroxylation is 1. The summed E-state index contributed by atoms with van der Waals surface area (Å²) in [5.41, 5.74) is 2.05. The van der Waals surface area contributed by atoms with Crippen LogP contribution in [0.25, 0.3) is 0 Å². The second-order valence-electron chi connectivity index (χ2n) is 6.33. The molecule has 3 rings (SSSR count). The maximum absolute atomic E-state index is 12.8. The molecule has 4 heteroatoms. The fourth-order valence-corrected chi connectivity index (χ4v) is 3.21. The average Bonchev–Trinajstić information content (AvgIpc) is 2.54. The zero-order chi connectivity index (χ0) is 14.9. The molecule has 1 aromatic rings. The van der Waals surface area contributed by atoms with Crippen molar-refractivity contribution >= 4 is 11.7 Å². The predicted octanol–water partition coefficient (Wildman–Crippen LogP) is 3.18. The van der Waals surface area contributed by atoms with Crippen molar-refractivity contribution < 1.29 is 4.79 Å². The first kappa shape index (κ1) is 13.9. The van der Waals surface area contributed by atoms with Crippen LogP contribution in [-0.2, 0) is 6.42 Å². The lowest BCUT2D eigenvalue weighted by Gasteiger charge is -2.39. The van der Waals surface area contributed by atoms with Crippen LogP contribution < -0.4 is 4.90 Å². The van der Waals surface area contributed by atoms with E-state index in [0.29, 0.717) is 13.1 Å². The highest BCUT2D eigenvalue weighted by Crippen LogP contribution is 2.32. The number of piperidine rings is 1. The van der Waals surface area contributed by atoms with Gasteiger partial charge in [0.1, 0.15) is 0 Å². The zero-order valence-corrected chi connectivity index (χ0v) is 12.5. The number of nitrogens with zero attached hydrogens (tertiary/aromatic N) is 3. The van der Waals surface area contributed by atoms with Gasteiger partial charge in [0.15, 0.2) is 0 Å². The highest BCUT2D eigenvalue weighted by Gasteiger charge is 2.34. The minimum absolute atomic E-state index is 0.0992.